The molecule has 1 saturated heterocycles. The zero-order valence-corrected chi connectivity index (χ0v) is 26.3. The second kappa shape index (κ2) is 13.5. The molecule has 3 aromatic carbocycles. The molecule has 1 fully saturated rings. The molecular weight excluding hydrogens is 588 g/mol. The van der Waals surface area contributed by atoms with Crippen LogP contribution in [0.25, 0.3) is 27.8 Å². The van der Waals surface area contributed by atoms with Gasteiger partial charge in [0, 0.05) is 46.9 Å². The molecule has 47 heavy (non-hydrogen) atoms. The molecule has 0 saturated carbocycles. The van der Waals surface area contributed by atoms with Crippen molar-refractivity contribution in [2.24, 2.45) is 0 Å². The van der Waals surface area contributed by atoms with E-state index >= 15 is 0 Å². The summed E-state index contributed by atoms with van der Waals surface area (Å²) in [5, 5.41) is 8.68. The number of pyridine rings is 2. The molecule has 7 rings (SSSR count). The van der Waals surface area contributed by atoms with Crippen molar-refractivity contribution in [3.63, 3.8) is 0 Å². The molecule has 3 aromatic heterocycles. The Morgan fingerprint density at radius 3 is 2.26 bits per heavy atom. The van der Waals surface area contributed by atoms with E-state index < -0.39 is 0 Å². The van der Waals surface area contributed by atoms with Gasteiger partial charge in [0.2, 0.25) is 11.7 Å². The lowest BCUT2D eigenvalue weighted by Gasteiger charge is -2.32. The van der Waals surface area contributed by atoms with Crippen LogP contribution in [0.4, 0.5) is 0 Å². The summed E-state index contributed by atoms with van der Waals surface area (Å²) < 4.78 is 7.42. The molecule has 0 unspecified atom stereocenters. The fourth-order valence-corrected chi connectivity index (χ4v) is 6.56. The number of hydrogen-bond donors (Lipinski definition) is 1. The van der Waals surface area contributed by atoms with Gasteiger partial charge in [0.25, 0.3) is 11.5 Å². The Morgan fingerprint density at radius 1 is 0.894 bits per heavy atom. The quantitative estimate of drug-likeness (QED) is 0.191. The van der Waals surface area contributed by atoms with E-state index in [0.717, 1.165) is 49.2 Å². The Bertz CT molecular complexity index is 2040. The maximum Gasteiger partial charge on any atom is 0.263 e. The lowest BCUT2D eigenvalue weighted by molar-refractivity contribution is 0.0933. The number of likely N-dealkylation sites (tertiary alicyclic amines) is 1. The van der Waals surface area contributed by atoms with E-state index in [4.69, 9.17) is 4.52 Å². The molecule has 1 amide bonds. The van der Waals surface area contributed by atoms with Gasteiger partial charge in [-0.15, -0.1) is 0 Å². The number of hydrogen-bond acceptors (Lipinski definition) is 7. The van der Waals surface area contributed by atoms with Crippen molar-refractivity contribution in [2.75, 3.05) is 13.1 Å². The summed E-state index contributed by atoms with van der Waals surface area (Å²) >= 11 is 0. The zero-order chi connectivity index (χ0) is 32.2. The Labute approximate surface area is 272 Å². The third-order valence-corrected chi connectivity index (χ3v) is 9.04. The number of carbonyl (C=O) groups excluding carboxylic acids is 1. The minimum atomic E-state index is -0.194. The molecule has 0 spiro atoms. The number of rotatable bonds is 9. The van der Waals surface area contributed by atoms with Crippen molar-refractivity contribution in [3.05, 3.63) is 143 Å². The highest BCUT2D eigenvalue weighted by Crippen LogP contribution is 2.31. The van der Waals surface area contributed by atoms with E-state index in [1.807, 2.05) is 97.1 Å². The van der Waals surface area contributed by atoms with E-state index in [1.165, 1.54) is 0 Å². The van der Waals surface area contributed by atoms with Gasteiger partial charge >= 0.3 is 0 Å². The Morgan fingerprint density at radius 2 is 1.55 bits per heavy atom. The van der Waals surface area contributed by atoms with Crippen molar-refractivity contribution in [3.8, 4) is 17.1 Å². The second-order valence-corrected chi connectivity index (χ2v) is 11.9. The molecule has 236 valence electrons. The summed E-state index contributed by atoms with van der Waals surface area (Å²) in [5.74, 6) is 1.13. The highest BCUT2D eigenvalue weighted by atomic mass is 16.5. The topological polar surface area (TPSA) is 106 Å². The van der Waals surface area contributed by atoms with Crippen LogP contribution in [0.3, 0.4) is 0 Å². The molecule has 6 aromatic rings. The number of benzene rings is 3. The Hall–Kier alpha value is -5.41. The first-order valence-electron chi connectivity index (χ1n) is 16.1. The molecule has 4 heterocycles. The minimum Gasteiger partial charge on any atom is -0.345 e. The molecular formula is C38H36N6O3. The van der Waals surface area contributed by atoms with Gasteiger partial charge in [-0.1, -0.05) is 78.8 Å². The number of fused-ring (bicyclic) bond motifs is 1. The van der Waals surface area contributed by atoms with Crippen LogP contribution >= 0.6 is 0 Å². The first-order valence-corrected chi connectivity index (χ1v) is 16.1. The van der Waals surface area contributed by atoms with Crippen LogP contribution in [0.15, 0.2) is 119 Å². The van der Waals surface area contributed by atoms with Crippen molar-refractivity contribution >= 4 is 16.7 Å². The van der Waals surface area contributed by atoms with Crippen molar-refractivity contribution in [1.82, 2.24) is 29.9 Å². The summed E-state index contributed by atoms with van der Waals surface area (Å²) in [6, 6.07) is 30.6. The van der Waals surface area contributed by atoms with Crippen molar-refractivity contribution in [1.29, 1.82) is 0 Å². The third kappa shape index (κ3) is 6.22. The third-order valence-electron chi connectivity index (χ3n) is 9.04. The van der Waals surface area contributed by atoms with Gasteiger partial charge in [-0.25, -0.2) is 0 Å². The number of nitrogens with one attached hydrogen (secondary N) is 1. The van der Waals surface area contributed by atoms with E-state index in [1.54, 1.807) is 17.0 Å². The van der Waals surface area contributed by atoms with Crippen LogP contribution in [0.5, 0.6) is 0 Å². The van der Waals surface area contributed by atoms with Crippen LogP contribution in [-0.2, 0) is 6.54 Å². The Balaban J connectivity index is 1.23. The summed E-state index contributed by atoms with van der Waals surface area (Å²) in [4.78, 5) is 39.7. The van der Waals surface area contributed by atoms with E-state index in [2.05, 4.69) is 32.3 Å². The maximum absolute atomic E-state index is 14.4. The number of carbonyl (C=O) groups is 1. The molecule has 1 aliphatic heterocycles. The van der Waals surface area contributed by atoms with Gasteiger partial charge in [-0.3, -0.25) is 24.0 Å². The van der Waals surface area contributed by atoms with E-state index in [9.17, 15) is 9.59 Å². The van der Waals surface area contributed by atoms with Crippen LogP contribution in [0.2, 0.25) is 0 Å². The molecule has 9 nitrogen and oxygen atoms in total. The molecule has 0 bridgehead atoms. The van der Waals surface area contributed by atoms with Crippen LogP contribution in [0, 0.1) is 0 Å². The molecule has 1 aliphatic rings. The summed E-state index contributed by atoms with van der Waals surface area (Å²) in [6.45, 7) is 3.99. The smallest absolute Gasteiger partial charge is 0.263 e. The number of nitrogens with zero attached hydrogens (tertiary/aromatic N) is 5. The van der Waals surface area contributed by atoms with Gasteiger partial charge in [-0.05, 0) is 68.2 Å². The van der Waals surface area contributed by atoms with Crippen molar-refractivity contribution < 1.29 is 9.32 Å². The maximum atomic E-state index is 14.4. The predicted molar refractivity (Wildman–Crippen MR) is 181 cm³/mol. The molecule has 0 aliphatic carbocycles. The van der Waals surface area contributed by atoms with Crippen LogP contribution in [0.1, 0.15) is 65.7 Å². The molecule has 1 atom stereocenters. The largest absolute Gasteiger partial charge is 0.345 e. The molecule has 0 radical (unpaired) electrons. The Kier molecular flexibility index (Phi) is 8.70. The average molecular weight is 625 g/mol. The first kappa shape index (κ1) is 30.3. The lowest BCUT2D eigenvalue weighted by Crippen LogP contribution is -2.38. The lowest BCUT2D eigenvalue weighted by atomic mass is 9.95. The highest BCUT2D eigenvalue weighted by molar-refractivity contribution is 6.08. The predicted octanol–water partition coefficient (Wildman–Crippen LogP) is 6.70. The minimum absolute atomic E-state index is 0.126. The fourth-order valence-electron chi connectivity index (χ4n) is 6.56. The SMILES string of the molecule is CC[C@H](NC(=O)c1c(CN2CCC(c3nc(-c4ccncc4)no3)CC2)n(-c2ccccc2)c(=O)c2ccccc12)c1ccccc1. The summed E-state index contributed by atoms with van der Waals surface area (Å²) in [6.07, 6.45) is 5.78. The number of para-hydroxylation sites is 1. The summed E-state index contributed by atoms with van der Waals surface area (Å²) in [5.41, 5.74) is 3.70. The van der Waals surface area contributed by atoms with Gasteiger partial charge in [0.05, 0.1) is 17.3 Å². The fraction of sp³-hybridized carbons (Fsp3) is 0.237. The van der Waals surface area contributed by atoms with Gasteiger partial charge in [-0.2, -0.15) is 4.98 Å². The van der Waals surface area contributed by atoms with Gasteiger partial charge < -0.3 is 9.84 Å². The second-order valence-electron chi connectivity index (χ2n) is 11.9. The average Bonchev–Trinajstić information content (AvgIpc) is 3.63. The molecule has 1 N–H and O–H groups in total. The van der Waals surface area contributed by atoms with E-state index in [-0.39, 0.29) is 23.4 Å². The van der Waals surface area contributed by atoms with E-state index in [0.29, 0.717) is 40.3 Å². The zero-order valence-electron chi connectivity index (χ0n) is 26.3. The normalized spacial score (nSPS) is 14.7. The van der Waals surface area contributed by atoms with Crippen LogP contribution < -0.4 is 10.9 Å². The number of amides is 1. The number of piperidine rings is 1. The first-order chi connectivity index (χ1) is 23.1. The standard InChI is InChI=1S/C38H36N6O3/c1-2-32(26-11-5-3-6-12-26)40-36(45)34-30-15-9-10-16-31(30)38(46)44(29-13-7-4-8-14-29)33(34)25-43-23-19-28(20-24-43)37-41-35(42-47-37)27-17-21-39-22-18-27/h3-18,21-22,28,32H,2,19-20,23-25H2,1H3,(H,40,45)/t32-/m0/s1. The number of aromatic nitrogens is 4. The highest BCUT2D eigenvalue weighted by Gasteiger charge is 2.29. The van der Waals surface area contributed by atoms with Crippen molar-refractivity contribution in [2.45, 2.75) is 44.7 Å². The van der Waals surface area contributed by atoms with Gasteiger partial charge in [0.15, 0.2) is 0 Å². The van der Waals surface area contributed by atoms with Gasteiger partial charge in [0.1, 0.15) is 0 Å². The van der Waals surface area contributed by atoms with Crippen LogP contribution in [-0.4, -0.2) is 43.6 Å². The summed E-state index contributed by atoms with van der Waals surface area (Å²) in [7, 11) is 0. The molecule has 9 heteroatoms. The monoisotopic (exact) mass is 624 g/mol.